The molecule has 0 bridgehead atoms. The zero-order valence-corrected chi connectivity index (χ0v) is 18.5. The van der Waals surface area contributed by atoms with Crippen LogP contribution in [0.25, 0.3) is 0 Å². The van der Waals surface area contributed by atoms with E-state index in [2.05, 4.69) is 19.6 Å². The van der Waals surface area contributed by atoms with Gasteiger partial charge in [0.1, 0.15) is 0 Å². The molecule has 1 aliphatic rings. The molecule has 0 aromatic rings. The smallest absolute Gasteiger partial charge is 0.409 e. The largest absolute Gasteiger partial charge is 0.465 e. The molecule has 0 spiro atoms. The maximum atomic E-state index is 12.5. The Morgan fingerprint density at radius 2 is 1.77 bits per heavy atom. The molecule has 1 fully saturated rings. The van der Waals surface area contributed by atoms with Crippen LogP contribution in [0.4, 0.5) is 9.59 Å². The lowest BCUT2D eigenvalue weighted by Crippen LogP contribution is -2.56. The van der Waals surface area contributed by atoms with Crippen LogP contribution in [0.3, 0.4) is 0 Å². The zero-order chi connectivity index (χ0) is 19.9. The van der Waals surface area contributed by atoms with Gasteiger partial charge in [-0.3, -0.25) is 0 Å². The highest BCUT2D eigenvalue weighted by atomic mass is 28.3. The fourth-order valence-electron chi connectivity index (χ4n) is 3.83. The van der Waals surface area contributed by atoms with E-state index in [1.807, 2.05) is 13.8 Å². The molecule has 7 heteroatoms. The first kappa shape index (κ1) is 22.8. The molecule has 0 aromatic heterocycles. The van der Waals surface area contributed by atoms with Crippen molar-refractivity contribution in [1.29, 1.82) is 0 Å². The van der Waals surface area contributed by atoms with E-state index < -0.39 is 14.2 Å². The monoisotopic (exact) mass is 386 g/mol. The van der Waals surface area contributed by atoms with Crippen LogP contribution in [0.1, 0.15) is 52.4 Å². The first-order valence-corrected chi connectivity index (χ1v) is 13.7. The maximum Gasteiger partial charge on any atom is 0.409 e. The van der Waals surface area contributed by atoms with Gasteiger partial charge in [-0.25, -0.2) is 9.59 Å². The molecule has 1 rings (SSSR count). The van der Waals surface area contributed by atoms with Crippen molar-refractivity contribution in [3.63, 3.8) is 0 Å². The number of hydrogen-bond acceptors (Lipinski definition) is 3. The van der Waals surface area contributed by atoms with Crippen LogP contribution in [0.2, 0.25) is 25.7 Å². The SMILES string of the molecule is CCC(C(C)N(C(=O)O)C1CCCCC1)N(C)C(=O)OCC[Si](C)(C)C. The van der Waals surface area contributed by atoms with Crippen LogP contribution in [-0.4, -0.2) is 66.9 Å². The van der Waals surface area contributed by atoms with Crippen molar-refractivity contribution in [1.82, 2.24) is 9.80 Å². The Morgan fingerprint density at radius 3 is 2.23 bits per heavy atom. The third-order valence-corrected chi connectivity index (χ3v) is 7.17. The van der Waals surface area contributed by atoms with Crippen molar-refractivity contribution in [2.24, 2.45) is 0 Å². The Morgan fingerprint density at radius 1 is 1.19 bits per heavy atom. The van der Waals surface area contributed by atoms with Crippen LogP contribution in [0.5, 0.6) is 0 Å². The van der Waals surface area contributed by atoms with Crippen molar-refractivity contribution in [3.05, 3.63) is 0 Å². The summed E-state index contributed by atoms with van der Waals surface area (Å²) in [4.78, 5) is 27.6. The summed E-state index contributed by atoms with van der Waals surface area (Å²) in [5.41, 5.74) is 0. The fraction of sp³-hybridized carbons (Fsp3) is 0.895. The Balaban J connectivity index is 2.75. The lowest BCUT2D eigenvalue weighted by Gasteiger charge is -2.42. The summed E-state index contributed by atoms with van der Waals surface area (Å²) in [5.74, 6) is 0. The molecule has 2 amide bonds. The summed E-state index contributed by atoms with van der Waals surface area (Å²) in [5, 5.41) is 9.79. The quantitative estimate of drug-likeness (QED) is 0.604. The Bertz CT molecular complexity index is 461. The second-order valence-electron chi connectivity index (χ2n) is 8.73. The van der Waals surface area contributed by atoms with Gasteiger partial charge in [0, 0.05) is 21.2 Å². The molecule has 1 aliphatic carbocycles. The highest BCUT2D eigenvalue weighted by molar-refractivity contribution is 6.76. The number of ether oxygens (including phenoxy) is 1. The van der Waals surface area contributed by atoms with Gasteiger partial charge in [0.2, 0.25) is 0 Å². The van der Waals surface area contributed by atoms with Gasteiger partial charge in [-0.05, 0) is 32.2 Å². The third kappa shape index (κ3) is 6.82. The number of rotatable bonds is 8. The summed E-state index contributed by atoms with van der Waals surface area (Å²) >= 11 is 0. The van der Waals surface area contributed by atoms with Crippen LogP contribution < -0.4 is 0 Å². The minimum absolute atomic E-state index is 0.0570. The van der Waals surface area contributed by atoms with E-state index in [1.165, 1.54) is 6.42 Å². The van der Waals surface area contributed by atoms with Crippen LogP contribution in [-0.2, 0) is 4.74 Å². The van der Waals surface area contributed by atoms with E-state index in [0.29, 0.717) is 13.0 Å². The zero-order valence-electron chi connectivity index (χ0n) is 17.5. The standard InChI is InChI=1S/C19H38N2O4Si/c1-7-17(20(3)19(24)25-13-14-26(4,5)6)15(2)21(18(22)23)16-11-9-8-10-12-16/h15-17H,7-14H2,1-6H3,(H,22,23). The number of carbonyl (C=O) groups excluding carboxylic acids is 1. The molecule has 0 heterocycles. The maximum absolute atomic E-state index is 12.5. The minimum atomic E-state index is -1.25. The van der Waals surface area contributed by atoms with Crippen molar-refractivity contribution < 1.29 is 19.4 Å². The molecular weight excluding hydrogens is 348 g/mol. The van der Waals surface area contributed by atoms with E-state index in [1.54, 1.807) is 16.8 Å². The number of carboxylic acid groups (broad SMARTS) is 1. The molecule has 0 aliphatic heterocycles. The van der Waals surface area contributed by atoms with Crippen molar-refractivity contribution in [2.45, 2.75) is 96.2 Å². The average Bonchev–Trinajstić information content (AvgIpc) is 2.55. The Kier molecular flexibility index (Phi) is 8.93. The molecule has 26 heavy (non-hydrogen) atoms. The van der Waals surface area contributed by atoms with Gasteiger partial charge in [0.05, 0.1) is 18.7 Å². The van der Waals surface area contributed by atoms with E-state index in [9.17, 15) is 14.7 Å². The van der Waals surface area contributed by atoms with Crippen molar-refractivity contribution in [2.75, 3.05) is 13.7 Å². The van der Waals surface area contributed by atoms with Gasteiger partial charge >= 0.3 is 12.2 Å². The summed E-state index contributed by atoms with van der Waals surface area (Å²) in [6.45, 7) is 11.1. The van der Waals surface area contributed by atoms with Gasteiger partial charge in [-0.1, -0.05) is 45.8 Å². The molecule has 2 atom stereocenters. The van der Waals surface area contributed by atoms with E-state index in [4.69, 9.17) is 4.74 Å². The van der Waals surface area contributed by atoms with E-state index in [-0.39, 0.29) is 24.2 Å². The molecule has 0 saturated heterocycles. The number of hydrogen-bond donors (Lipinski definition) is 1. The highest BCUT2D eigenvalue weighted by Crippen LogP contribution is 2.27. The summed E-state index contributed by atoms with van der Waals surface area (Å²) in [7, 11) is 0.471. The van der Waals surface area contributed by atoms with Crippen molar-refractivity contribution in [3.8, 4) is 0 Å². The molecule has 6 nitrogen and oxygen atoms in total. The van der Waals surface area contributed by atoms with E-state index in [0.717, 1.165) is 31.7 Å². The predicted octanol–water partition coefficient (Wildman–Crippen LogP) is 4.87. The second kappa shape index (κ2) is 10.2. The molecule has 1 saturated carbocycles. The first-order chi connectivity index (χ1) is 12.1. The molecule has 2 unspecified atom stereocenters. The minimum Gasteiger partial charge on any atom is -0.465 e. The van der Waals surface area contributed by atoms with Crippen LogP contribution in [0.15, 0.2) is 0 Å². The lowest BCUT2D eigenvalue weighted by atomic mass is 9.92. The number of carbonyl (C=O) groups is 2. The van der Waals surface area contributed by atoms with E-state index >= 15 is 0 Å². The van der Waals surface area contributed by atoms with Gasteiger partial charge in [-0.2, -0.15) is 0 Å². The number of amides is 2. The Hall–Kier alpha value is -1.24. The Labute approximate surface area is 159 Å². The van der Waals surface area contributed by atoms with Gasteiger partial charge in [-0.15, -0.1) is 0 Å². The average molecular weight is 387 g/mol. The summed E-state index contributed by atoms with van der Waals surface area (Å²) < 4.78 is 5.45. The number of nitrogens with zero attached hydrogens (tertiary/aromatic N) is 2. The van der Waals surface area contributed by atoms with Gasteiger partial charge in [0.25, 0.3) is 0 Å². The fourth-order valence-corrected chi connectivity index (χ4v) is 4.54. The molecule has 0 radical (unpaired) electrons. The molecular formula is C19H38N2O4Si. The lowest BCUT2D eigenvalue weighted by molar-refractivity contribution is 0.0424. The van der Waals surface area contributed by atoms with Crippen LogP contribution >= 0.6 is 0 Å². The molecule has 1 N–H and O–H groups in total. The second-order valence-corrected chi connectivity index (χ2v) is 14.4. The predicted molar refractivity (Wildman–Crippen MR) is 108 cm³/mol. The summed E-state index contributed by atoms with van der Waals surface area (Å²) in [6.07, 6.45) is 4.61. The normalized spacial score (nSPS) is 18.1. The highest BCUT2D eigenvalue weighted by Gasteiger charge is 2.36. The molecule has 152 valence electrons. The van der Waals surface area contributed by atoms with Crippen molar-refractivity contribution >= 4 is 20.3 Å². The number of likely N-dealkylation sites (N-methyl/N-ethyl adjacent to an activating group) is 1. The van der Waals surface area contributed by atoms with Gasteiger partial charge < -0.3 is 19.6 Å². The first-order valence-electron chi connectivity index (χ1n) is 9.99. The molecule has 0 aromatic carbocycles. The summed E-state index contributed by atoms with van der Waals surface area (Å²) in [6, 6.07) is 0.548. The van der Waals surface area contributed by atoms with Gasteiger partial charge in [0.15, 0.2) is 0 Å². The topological polar surface area (TPSA) is 70.1 Å². The van der Waals surface area contributed by atoms with Crippen LogP contribution in [0, 0.1) is 0 Å². The third-order valence-electron chi connectivity index (χ3n) is 5.47.